The third kappa shape index (κ3) is 5.01. The summed E-state index contributed by atoms with van der Waals surface area (Å²) in [5, 5.41) is 12.3. The smallest absolute Gasteiger partial charge is 0.159 e. The molecule has 13 rings (SSSR count). The summed E-state index contributed by atoms with van der Waals surface area (Å²) < 4.78 is 11.9. The minimum atomic E-state index is 0.851. The molecule has 0 amide bonds. The second-order valence-corrected chi connectivity index (χ2v) is 16.8. The number of rotatable bonds is 5. The first-order chi connectivity index (χ1) is 29.7. The molecular weight excluding hydrogens is 749 g/mol. The molecule has 10 aromatic carbocycles. The molecule has 0 atom stereocenters. The maximum atomic E-state index is 6.98. The number of para-hydroxylation sites is 3. The number of aromatic nitrogens is 1. The molecular formula is C56H34N2OS. The molecule has 3 nitrogen and oxygen atoms in total. The molecule has 0 unspecified atom stereocenters. The summed E-state index contributed by atoms with van der Waals surface area (Å²) >= 11 is 1.84. The van der Waals surface area contributed by atoms with Gasteiger partial charge in [0.2, 0.25) is 0 Å². The number of fused-ring (bicyclic) bond motifs is 12. The predicted octanol–water partition coefficient (Wildman–Crippen LogP) is 16.5. The van der Waals surface area contributed by atoms with Gasteiger partial charge in [-0.2, -0.15) is 0 Å². The molecule has 0 bridgehead atoms. The van der Waals surface area contributed by atoms with Crippen LogP contribution in [0.3, 0.4) is 0 Å². The van der Waals surface area contributed by atoms with Gasteiger partial charge >= 0.3 is 0 Å². The molecule has 0 spiro atoms. The number of anilines is 3. The summed E-state index contributed by atoms with van der Waals surface area (Å²) in [6.45, 7) is 0. The monoisotopic (exact) mass is 782 g/mol. The van der Waals surface area contributed by atoms with E-state index in [-0.39, 0.29) is 0 Å². The van der Waals surface area contributed by atoms with Crippen LogP contribution in [0.5, 0.6) is 0 Å². The first kappa shape index (κ1) is 33.3. The van der Waals surface area contributed by atoms with Gasteiger partial charge in [-0.25, -0.2) is 0 Å². The highest BCUT2D eigenvalue weighted by atomic mass is 32.1. The number of benzene rings is 10. The average Bonchev–Trinajstić information content (AvgIpc) is 3.98. The van der Waals surface area contributed by atoms with Crippen LogP contribution in [0.4, 0.5) is 17.1 Å². The van der Waals surface area contributed by atoms with Crippen molar-refractivity contribution in [3.05, 3.63) is 206 Å². The summed E-state index contributed by atoms with van der Waals surface area (Å²) in [4.78, 5) is 2.36. The number of nitrogens with zero attached hydrogens (tertiary/aromatic N) is 2. The summed E-state index contributed by atoms with van der Waals surface area (Å²) in [5.74, 6) is 0. The Hall–Kier alpha value is -7.66. The molecule has 0 aliphatic carbocycles. The highest BCUT2D eigenvalue weighted by molar-refractivity contribution is 7.25. The Balaban J connectivity index is 0.972. The summed E-state index contributed by atoms with van der Waals surface area (Å²) in [7, 11) is 0. The molecule has 13 aromatic rings. The number of thiophene rings is 1. The minimum Gasteiger partial charge on any atom is -0.454 e. The van der Waals surface area contributed by atoms with E-state index in [0.717, 1.165) is 55.7 Å². The third-order valence-electron chi connectivity index (χ3n) is 12.4. The number of hydrogen-bond donors (Lipinski definition) is 0. The van der Waals surface area contributed by atoms with Crippen LogP contribution in [-0.2, 0) is 0 Å². The van der Waals surface area contributed by atoms with Crippen molar-refractivity contribution in [2.24, 2.45) is 0 Å². The van der Waals surface area contributed by atoms with Gasteiger partial charge in [0.15, 0.2) is 5.58 Å². The molecule has 0 aliphatic rings. The van der Waals surface area contributed by atoms with Gasteiger partial charge < -0.3 is 13.9 Å². The summed E-state index contributed by atoms with van der Waals surface area (Å²) in [6, 6.07) is 74.9. The predicted molar refractivity (Wildman–Crippen MR) is 256 cm³/mol. The highest BCUT2D eigenvalue weighted by Crippen LogP contribution is 2.44. The van der Waals surface area contributed by atoms with E-state index in [0.29, 0.717) is 0 Å². The molecule has 60 heavy (non-hydrogen) atoms. The summed E-state index contributed by atoms with van der Waals surface area (Å²) in [5.41, 5.74) is 10.7. The van der Waals surface area contributed by atoms with Crippen LogP contribution in [0.25, 0.3) is 102 Å². The van der Waals surface area contributed by atoms with Crippen molar-refractivity contribution in [2.45, 2.75) is 0 Å². The molecule has 3 heterocycles. The van der Waals surface area contributed by atoms with E-state index in [1.54, 1.807) is 0 Å². The zero-order valence-corrected chi connectivity index (χ0v) is 33.2. The van der Waals surface area contributed by atoms with Crippen LogP contribution in [0, 0.1) is 0 Å². The van der Waals surface area contributed by atoms with Gasteiger partial charge in [-0.1, -0.05) is 133 Å². The van der Waals surface area contributed by atoms with E-state index in [4.69, 9.17) is 4.42 Å². The normalized spacial score (nSPS) is 12.0. The first-order valence-electron chi connectivity index (χ1n) is 20.4. The van der Waals surface area contributed by atoms with Gasteiger partial charge in [-0.3, -0.25) is 0 Å². The fourth-order valence-corrected chi connectivity index (χ4v) is 10.7. The Kier molecular flexibility index (Phi) is 7.18. The van der Waals surface area contributed by atoms with Crippen LogP contribution in [0.15, 0.2) is 211 Å². The van der Waals surface area contributed by atoms with Crippen molar-refractivity contribution in [1.29, 1.82) is 0 Å². The van der Waals surface area contributed by atoms with Crippen molar-refractivity contribution < 1.29 is 4.42 Å². The molecule has 3 aromatic heterocycles. The van der Waals surface area contributed by atoms with E-state index in [9.17, 15) is 0 Å². The first-order valence-corrected chi connectivity index (χ1v) is 21.2. The maximum absolute atomic E-state index is 6.98. The second-order valence-electron chi connectivity index (χ2n) is 15.7. The van der Waals surface area contributed by atoms with Gasteiger partial charge in [0.25, 0.3) is 0 Å². The maximum Gasteiger partial charge on any atom is 0.159 e. The Morgan fingerprint density at radius 1 is 0.367 bits per heavy atom. The van der Waals surface area contributed by atoms with Gasteiger partial charge in [-0.15, -0.1) is 11.3 Å². The van der Waals surface area contributed by atoms with Crippen LogP contribution >= 0.6 is 11.3 Å². The Morgan fingerprint density at radius 3 is 1.75 bits per heavy atom. The average molecular weight is 783 g/mol. The lowest BCUT2D eigenvalue weighted by Crippen LogP contribution is -2.09. The molecule has 4 heteroatoms. The van der Waals surface area contributed by atoms with Crippen LogP contribution in [-0.4, -0.2) is 4.57 Å². The van der Waals surface area contributed by atoms with E-state index in [1.165, 1.54) is 63.6 Å². The zero-order chi connectivity index (χ0) is 39.3. The lowest BCUT2D eigenvalue weighted by Gasteiger charge is -2.26. The molecule has 0 fully saturated rings. The van der Waals surface area contributed by atoms with Crippen molar-refractivity contribution >= 4 is 114 Å². The van der Waals surface area contributed by atoms with Gasteiger partial charge in [0.1, 0.15) is 5.58 Å². The SMILES string of the molecule is c1ccc2c(c1)ccc1ccc(-c3ccc(N(c4ccc5c(c4)oc4c(-n6c7ccccc7c7ccccc76)cccc45)c4ccc5c(c4)sc4ccccc45)cc3)cc12. The lowest BCUT2D eigenvalue weighted by atomic mass is 9.97. The van der Waals surface area contributed by atoms with E-state index >= 15 is 0 Å². The van der Waals surface area contributed by atoms with Crippen molar-refractivity contribution in [3.8, 4) is 16.8 Å². The standard InChI is InChI=1S/C56H34N2OS/c1-2-11-42-36(10-1)20-21-37-22-23-38(32-49(37)42)35-24-26-39(27-25-35)57(41-29-31-47-46-14-5-8-19-54(46)60-55(47)34-41)40-28-30-45-48-15-9-18-52(56(48)59-53(45)33-40)58-50-16-6-3-12-43(50)44-13-4-7-17-51(44)58/h1-34H. The highest BCUT2D eigenvalue weighted by Gasteiger charge is 2.20. The molecule has 0 N–H and O–H groups in total. The fraction of sp³-hybridized carbons (Fsp3) is 0. The summed E-state index contributed by atoms with van der Waals surface area (Å²) in [6.07, 6.45) is 0. The molecule has 0 saturated heterocycles. The minimum absolute atomic E-state index is 0.851. The van der Waals surface area contributed by atoms with Crippen LogP contribution < -0.4 is 4.90 Å². The van der Waals surface area contributed by atoms with Crippen LogP contribution in [0.1, 0.15) is 0 Å². The van der Waals surface area contributed by atoms with Gasteiger partial charge in [0, 0.05) is 64.8 Å². The topological polar surface area (TPSA) is 21.3 Å². The van der Waals surface area contributed by atoms with Crippen molar-refractivity contribution in [1.82, 2.24) is 4.57 Å². The Morgan fingerprint density at radius 2 is 0.950 bits per heavy atom. The lowest BCUT2D eigenvalue weighted by molar-refractivity contribution is 0.666. The third-order valence-corrected chi connectivity index (χ3v) is 13.5. The van der Waals surface area contributed by atoms with E-state index in [2.05, 4.69) is 216 Å². The van der Waals surface area contributed by atoms with Crippen molar-refractivity contribution in [3.63, 3.8) is 0 Å². The zero-order valence-electron chi connectivity index (χ0n) is 32.3. The Labute approximate surface area is 349 Å². The molecule has 0 aliphatic heterocycles. The quantitative estimate of drug-likeness (QED) is 0.162. The second kappa shape index (κ2) is 12.9. The molecule has 0 radical (unpaired) electrons. The molecule has 280 valence electrons. The van der Waals surface area contributed by atoms with Crippen LogP contribution in [0.2, 0.25) is 0 Å². The molecule has 0 saturated carbocycles. The largest absolute Gasteiger partial charge is 0.454 e. The van der Waals surface area contributed by atoms with E-state index < -0.39 is 0 Å². The van der Waals surface area contributed by atoms with Gasteiger partial charge in [-0.05, 0) is 99.4 Å². The van der Waals surface area contributed by atoms with Crippen molar-refractivity contribution in [2.75, 3.05) is 4.90 Å². The van der Waals surface area contributed by atoms with E-state index in [1.807, 2.05) is 11.3 Å². The fourth-order valence-electron chi connectivity index (χ4n) is 9.55. The Bertz CT molecular complexity index is 3800. The number of furan rings is 1. The number of hydrogen-bond acceptors (Lipinski definition) is 3. The van der Waals surface area contributed by atoms with Gasteiger partial charge in [0.05, 0.1) is 16.7 Å².